The largest absolute Gasteiger partial charge is 0.329 e. The van der Waals surface area contributed by atoms with Crippen LogP contribution < -0.4 is 0 Å². The van der Waals surface area contributed by atoms with Crippen molar-refractivity contribution in [2.75, 3.05) is 0 Å². The first-order valence-corrected chi connectivity index (χ1v) is 6.52. The number of H-pyrrole nitrogens is 1. The van der Waals surface area contributed by atoms with Gasteiger partial charge in [0, 0.05) is 17.6 Å². The van der Waals surface area contributed by atoms with Gasteiger partial charge in [-0.2, -0.15) is 5.10 Å². The fraction of sp³-hybridized carbons (Fsp3) is 0.308. The lowest BCUT2D eigenvalue weighted by Crippen LogP contribution is -2.33. The third kappa shape index (κ3) is 2.76. The van der Waals surface area contributed by atoms with E-state index in [2.05, 4.69) is 15.2 Å². The summed E-state index contributed by atoms with van der Waals surface area (Å²) >= 11 is 5.86. The zero-order valence-corrected chi connectivity index (χ0v) is 11.0. The average Bonchev–Trinajstić information content (AvgIpc) is 3.11. The van der Waals surface area contributed by atoms with Gasteiger partial charge >= 0.3 is 0 Å². The number of hydrogen-bond acceptors (Lipinski definition) is 3. The number of halogens is 1. The van der Waals surface area contributed by atoms with Crippen LogP contribution in [0, 0.1) is 0 Å². The van der Waals surface area contributed by atoms with Crippen molar-refractivity contribution in [2.24, 2.45) is 0 Å². The van der Waals surface area contributed by atoms with Crippen molar-refractivity contribution in [1.29, 1.82) is 0 Å². The number of rotatable bonds is 4. The molecule has 6 heteroatoms. The molecule has 0 atom stereocenters. The molecule has 0 radical (unpaired) electrons. The Hall–Kier alpha value is -1.88. The van der Waals surface area contributed by atoms with Gasteiger partial charge in [0.25, 0.3) is 5.91 Å². The van der Waals surface area contributed by atoms with Crippen LogP contribution in [0.3, 0.4) is 0 Å². The summed E-state index contributed by atoms with van der Waals surface area (Å²) in [5, 5.41) is 7.04. The van der Waals surface area contributed by atoms with E-state index in [-0.39, 0.29) is 5.91 Å². The number of hydrogen-bond donors (Lipinski definition) is 1. The summed E-state index contributed by atoms with van der Waals surface area (Å²) in [5.74, 6) is 0.191. The standard InChI is InChI=1S/C13H13ClN4O/c14-10-3-1-9(2-4-10)7-18(11-5-6-11)13(19)12-15-8-16-17-12/h1-4,8,11H,5-7H2,(H,15,16,17). The van der Waals surface area contributed by atoms with Crippen molar-refractivity contribution in [3.8, 4) is 0 Å². The van der Waals surface area contributed by atoms with E-state index in [0.29, 0.717) is 23.4 Å². The van der Waals surface area contributed by atoms with Crippen molar-refractivity contribution >= 4 is 17.5 Å². The molecule has 0 unspecified atom stereocenters. The highest BCUT2D eigenvalue weighted by Crippen LogP contribution is 2.29. The van der Waals surface area contributed by atoms with Crippen LogP contribution in [0.1, 0.15) is 29.0 Å². The van der Waals surface area contributed by atoms with E-state index < -0.39 is 0 Å². The summed E-state index contributed by atoms with van der Waals surface area (Å²) in [6.07, 6.45) is 3.45. The first-order valence-electron chi connectivity index (χ1n) is 6.15. The zero-order chi connectivity index (χ0) is 13.2. The van der Waals surface area contributed by atoms with Crippen LogP contribution >= 0.6 is 11.6 Å². The molecule has 1 amide bonds. The first kappa shape index (κ1) is 12.2. The maximum absolute atomic E-state index is 12.3. The molecule has 1 heterocycles. The molecule has 2 aromatic rings. The van der Waals surface area contributed by atoms with Gasteiger partial charge < -0.3 is 4.90 Å². The normalized spacial score (nSPS) is 14.4. The van der Waals surface area contributed by atoms with E-state index in [1.165, 1.54) is 6.33 Å². The molecule has 0 bridgehead atoms. The van der Waals surface area contributed by atoms with Crippen molar-refractivity contribution in [3.63, 3.8) is 0 Å². The highest BCUT2D eigenvalue weighted by molar-refractivity contribution is 6.30. The van der Waals surface area contributed by atoms with Crippen LogP contribution in [0.5, 0.6) is 0 Å². The molecule has 3 rings (SSSR count). The maximum atomic E-state index is 12.3. The molecule has 1 saturated carbocycles. The van der Waals surface area contributed by atoms with Gasteiger partial charge in [-0.1, -0.05) is 23.7 Å². The Labute approximate surface area is 115 Å². The number of carbonyl (C=O) groups is 1. The topological polar surface area (TPSA) is 61.9 Å². The van der Waals surface area contributed by atoms with Gasteiger partial charge in [-0.05, 0) is 30.5 Å². The third-order valence-electron chi connectivity index (χ3n) is 3.13. The molecule has 1 fully saturated rings. The summed E-state index contributed by atoms with van der Waals surface area (Å²) in [6.45, 7) is 0.571. The third-order valence-corrected chi connectivity index (χ3v) is 3.38. The van der Waals surface area contributed by atoms with E-state index in [0.717, 1.165) is 18.4 Å². The number of amides is 1. The molecular formula is C13H13ClN4O. The van der Waals surface area contributed by atoms with E-state index >= 15 is 0 Å². The number of benzene rings is 1. The van der Waals surface area contributed by atoms with Crippen LogP contribution in [0.4, 0.5) is 0 Å². The predicted octanol–water partition coefficient (Wildman–Crippen LogP) is 2.26. The minimum Gasteiger partial charge on any atom is -0.329 e. The fourth-order valence-electron chi connectivity index (χ4n) is 1.98. The lowest BCUT2D eigenvalue weighted by atomic mass is 10.2. The number of aromatic amines is 1. The molecular weight excluding hydrogens is 264 g/mol. The molecule has 98 valence electrons. The second kappa shape index (κ2) is 5.01. The van der Waals surface area contributed by atoms with Crippen molar-refractivity contribution < 1.29 is 4.79 Å². The first-order chi connectivity index (χ1) is 9.24. The van der Waals surface area contributed by atoms with Gasteiger partial charge in [0.1, 0.15) is 6.33 Å². The number of carbonyl (C=O) groups excluding carboxylic acids is 1. The molecule has 19 heavy (non-hydrogen) atoms. The molecule has 1 N–H and O–H groups in total. The van der Waals surface area contributed by atoms with Crippen LogP contribution in [0.2, 0.25) is 5.02 Å². The van der Waals surface area contributed by atoms with Crippen molar-refractivity contribution in [1.82, 2.24) is 20.1 Å². The lowest BCUT2D eigenvalue weighted by Gasteiger charge is -2.21. The van der Waals surface area contributed by atoms with Crippen LogP contribution in [-0.2, 0) is 6.54 Å². The van der Waals surface area contributed by atoms with E-state index in [4.69, 9.17) is 11.6 Å². The summed E-state index contributed by atoms with van der Waals surface area (Å²) < 4.78 is 0. The molecule has 1 aliphatic carbocycles. The summed E-state index contributed by atoms with van der Waals surface area (Å²) in [6, 6.07) is 7.85. The van der Waals surface area contributed by atoms with Gasteiger partial charge in [-0.3, -0.25) is 9.89 Å². The van der Waals surface area contributed by atoms with Gasteiger partial charge in [0.15, 0.2) is 0 Å². The second-order valence-corrected chi connectivity index (χ2v) is 5.06. The van der Waals surface area contributed by atoms with Gasteiger partial charge in [-0.15, -0.1) is 0 Å². The lowest BCUT2D eigenvalue weighted by molar-refractivity contribution is 0.0718. The monoisotopic (exact) mass is 276 g/mol. The Morgan fingerprint density at radius 1 is 1.37 bits per heavy atom. The summed E-state index contributed by atoms with van der Waals surface area (Å²) in [4.78, 5) is 18.1. The quantitative estimate of drug-likeness (QED) is 0.932. The second-order valence-electron chi connectivity index (χ2n) is 4.62. The van der Waals surface area contributed by atoms with Crippen molar-refractivity contribution in [2.45, 2.75) is 25.4 Å². The molecule has 5 nitrogen and oxygen atoms in total. The molecule has 1 aliphatic rings. The summed E-state index contributed by atoms with van der Waals surface area (Å²) in [7, 11) is 0. The Morgan fingerprint density at radius 2 is 2.11 bits per heavy atom. The highest BCUT2D eigenvalue weighted by atomic mass is 35.5. The number of aromatic nitrogens is 3. The van der Waals surface area contributed by atoms with Gasteiger partial charge in [-0.25, -0.2) is 4.98 Å². The van der Waals surface area contributed by atoms with Gasteiger partial charge in [0.2, 0.25) is 5.82 Å². The number of nitrogens with zero attached hydrogens (tertiary/aromatic N) is 3. The Balaban J connectivity index is 1.78. The molecule has 0 spiro atoms. The van der Waals surface area contributed by atoms with E-state index in [1.807, 2.05) is 29.2 Å². The van der Waals surface area contributed by atoms with E-state index in [9.17, 15) is 4.79 Å². The van der Waals surface area contributed by atoms with E-state index in [1.54, 1.807) is 0 Å². The van der Waals surface area contributed by atoms with Gasteiger partial charge in [0.05, 0.1) is 0 Å². The SMILES string of the molecule is O=C(c1ncn[nH]1)N(Cc1ccc(Cl)cc1)C1CC1. The van der Waals surface area contributed by atoms with Crippen molar-refractivity contribution in [3.05, 3.63) is 47.0 Å². The maximum Gasteiger partial charge on any atom is 0.291 e. The smallest absolute Gasteiger partial charge is 0.291 e. The molecule has 1 aromatic carbocycles. The predicted molar refractivity (Wildman–Crippen MR) is 70.7 cm³/mol. The Morgan fingerprint density at radius 3 is 2.68 bits per heavy atom. The Bertz CT molecular complexity index is 563. The minimum atomic E-state index is -0.102. The molecule has 0 aliphatic heterocycles. The zero-order valence-electron chi connectivity index (χ0n) is 10.2. The average molecular weight is 277 g/mol. The fourth-order valence-corrected chi connectivity index (χ4v) is 2.11. The summed E-state index contributed by atoms with van der Waals surface area (Å²) in [5.41, 5.74) is 1.06. The van der Waals surface area contributed by atoms with Crippen LogP contribution in [0.25, 0.3) is 0 Å². The van der Waals surface area contributed by atoms with Crippen LogP contribution in [-0.4, -0.2) is 32.0 Å². The highest BCUT2D eigenvalue weighted by Gasteiger charge is 2.34. The molecule has 1 aromatic heterocycles. The number of nitrogens with one attached hydrogen (secondary N) is 1. The minimum absolute atomic E-state index is 0.102. The Kier molecular flexibility index (Phi) is 3.21. The molecule has 0 saturated heterocycles. The van der Waals surface area contributed by atoms with Crippen LogP contribution in [0.15, 0.2) is 30.6 Å².